The fraction of sp³-hybridized carbons (Fsp3) is 0.350. The molecule has 0 fully saturated rings. The number of ether oxygens (including phenoxy) is 2. The van der Waals surface area contributed by atoms with Gasteiger partial charge in [0.25, 0.3) is 0 Å². The van der Waals surface area contributed by atoms with Crippen LogP contribution < -0.4 is 9.47 Å². The first-order valence-electron chi connectivity index (χ1n) is 8.63. The fourth-order valence-electron chi connectivity index (χ4n) is 2.91. The topological polar surface area (TPSA) is 56.5 Å². The standard InChI is InChI=1S/C20H24N2O3/c1-3-6-19(23)20-21-17-7-4-5-8-18(17)22(20)13-14-25-16-11-9-15(24-2)10-12-16/h4-5,7-12,19,23H,3,6,13-14H2,1-2H3/t19-/m0/s1. The molecule has 0 amide bonds. The van der Waals surface area contributed by atoms with Crippen LogP contribution >= 0.6 is 0 Å². The summed E-state index contributed by atoms with van der Waals surface area (Å²) in [6, 6.07) is 15.5. The van der Waals surface area contributed by atoms with Gasteiger partial charge in [-0.3, -0.25) is 0 Å². The Morgan fingerprint density at radius 2 is 1.80 bits per heavy atom. The van der Waals surface area contributed by atoms with Crippen molar-refractivity contribution in [3.05, 3.63) is 54.4 Å². The summed E-state index contributed by atoms with van der Waals surface area (Å²) >= 11 is 0. The van der Waals surface area contributed by atoms with Gasteiger partial charge in [-0.1, -0.05) is 25.5 Å². The van der Waals surface area contributed by atoms with Gasteiger partial charge in [0.2, 0.25) is 0 Å². The summed E-state index contributed by atoms with van der Waals surface area (Å²) in [4.78, 5) is 4.62. The van der Waals surface area contributed by atoms with Gasteiger partial charge in [0.05, 0.1) is 24.7 Å². The molecule has 1 heterocycles. The van der Waals surface area contributed by atoms with Gasteiger partial charge in [0, 0.05) is 0 Å². The molecule has 1 aromatic heterocycles. The van der Waals surface area contributed by atoms with E-state index in [0.29, 0.717) is 25.4 Å². The Morgan fingerprint density at radius 3 is 2.52 bits per heavy atom. The van der Waals surface area contributed by atoms with E-state index in [1.54, 1.807) is 7.11 Å². The smallest absolute Gasteiger partial charge is 0.138 e. The molecule has 0 aliphatic rings. The number of fused-ring (bicyclic) bond motifs is 1. The number of rotatable bonds is 8. The molecule has 0 unspecified atom stereocenters. The highest BCUT2D eigenvalue weighted by molar-refractivity contribution is 5.76. The van der Waals surface area contributed by atoms with E-state index in [2.05, 4.69) is 16.5 Å². The van der Waals surface area contributed by atoms with Gasteiger partial charge in [-0.2, -0.15) is 0 Å². The molecule has 0 saturated carbocycles. The minimum atomic E-state index is -0.557. The Bertz CT molecular complexity index is 811. The number of imidazole rings is 1. The summed E-state index contributed by atoms with van der Waals surface area (Å²) in [6.45, 7) is 3.18. The SMILES string of the molecule is CCC[C@H](O)c1nc2ccccc2n1CCOc1ccc(OC)cc1. The normalized spacial score (nSPS) is 12.3. The van der Waals surface area contributed by atoms with Crippen LogP contribution in [0.15, 0.2) is 48.5 Å². The zero-order chi connectivity index (χ0) is 17.6. The first-order valence-corrected chi connectivity index (χ1v) is 8.63. The molecule has 0 spiro atoms. The van der Waals surface area contributed by atoms with Crippen LogP contribution in [0.1, 0.15) is 31.7 Å². The van der Waals surface area contributed by atoms with E-state index in [-0.39, 0.29) is 0 Å². The second-order valence-electron chi connectivity index (χ2n) is 5.94. The van der Waals surface area contributed by atoms with Crippen LogP contribution in [0.25, 0.3) is 11.0 Å². The van der Waals surface area contributed by atoms with Gasteiger partial charge in [0.15, 0.2) is 0 Å². The second-order valence-corrected chi connectivity index (χ2v) is 5.94. The van der Waals surface area contributed by atoms with Crippen molar-refractivity contribution in [3.8, 4) is 11.5 Å². The molecule has 3 aromatic rings. The zero-order valence-electron chi connectivity index (χ0n) is 14.7. The van der Waals surface area contributed by atoms with Gasteiger partial charge in [-0.05, 0) is 42.8 Å². The lowest BCUT2D eigenvalue weighted by Crippen LogP contribution is -2.14. The van der Waals surface area contributed by atoms with E-state index >= 15 is 0 Å². The van der Waals surface area contributed by atoms with Crippen molar-refractivity contribution in [2.45, 2.75) is 32.4 Å². The highest BCUT2D eigenvalue weighted by Gasteiger charge is 2.17. The molecule has 0 aliphatic carbocycles. The molecular weight excluding hydrogens is 316 g/mol. The molecule has 1 atom stereocenters. The van der Waals surface area contributed by atoms with E-state index in [1.807, 2.05) is 48.5 Å². The molecule has 0 bridgehead atoms. The van der Waals surface area contributed by atoms with Crippen molar-refractivity contribution in [1.82, 2.24) is 9.55 Å². The molecule has 25 heavy (non-hydrogen) atoms. The molecule has 132 valence electrons. The lowest BCUT2D eigenvalue weighted by molar-refractivity contribution is 0.151. The number of nitrogens with zero attached hydrogens (tertiary/aromatic N) is 2. The van der Waals surface area contributed by atoms with Crippen molar-refractivity contribution < 1.29 is 14.6 Å². The molecule has 0 radical (unpaired) electrons. The number of aliphatic hydroxyl groups is 1. The average molecular weight is 340 g/mol. The maximum Gasteiger partial charge on any atom is 0.138 e. The summed E-state index contributed by atoms with van der Waals surface area (Å²) in [7, 11) is 1.64. The Kier molecular flexibility index (Phi) is 5.56. The minimum absolute atomic E-state index is 0.499. The number of hydrogen-bond donors (Lipinski definition) is 1. The second kappa shape index (κ2) is 8.03. The monoisotopic (exact) mass is 340 g/mol. The third kappa shape index (κ3) is 3.94. The van der Waals surface area contributed by atoms with Crippen molar-refractivity contribution >= 4 is 11.0 Å². The largest absolute Gasteiger partial charge is 0.497 e. The van der Waals surface area contributed by atoms with E-state index in [9.17, 15) is 5.11 Å². The minimum Gasteiger partial charge on any atom is -0.497 e. The third-order valence-electron chi connectivity index (χ3n) is 4.19. The zero-order valence-corrected chi connectivity index (χ0v) is 14.7. The number of aromatic nitrogens is 2. The van der Waals surface area contributed by atoms with Crippen molar-refractivity contribution in [1.29, 1.82) is 0 Å². The summed E-state index contributed by atoms with van der Waals surface area (Å²) in [6.07, 6.45) is 1.05. The van der Waals surface area contributed by atoms with Crippen LogP contribution in [0.4, 0.5) is 0 Å². The van der Waals surface area contributed by atoms with Crippen molar-refractivity contribution in [2.24, 2.45) is 0 Å². The van der Waals surface area contributed by atoms with Crippen LogP contribution in [0.2, 0.25) is 0 Å². The van der Waals surface area contributed by atoms with Crippen LogP contribution in [-0.4, -0.2) is 28.4 Å². The molecule has 0 saturated heterocycles. The van der Waals surface area contributed by atoms with Gasteiger partial charge < -0.3 is 19.1 Å². The van der Waals surface area contributed by atoms with Crippen molar-refractivity contribution in [3.63, 3.8) is 0 Å². The number of aliphatic hydroxyl groups excluding tert-OH is 1. The quantitative estimate of drug-likeness (QED) is 0.674. The number of benzene rings is 2. The van der Waals surface area contributed by atoms with Crippen LogP contribution in [0.5, 0.6) is 11.5 Å². The summed E-state index contributed by atoms with van der Waals surface area (Å²) in [5, 5.41) is 10.4. The lowest BCUT2D eigenvalue weighted by atomic mass is 10.2. The third-order valence-corrected chi connectivity index (χ3v) is 4.19. The van der Waals surface area contributed by atoms with Gasteiger partial charge >= 0.3 is 0 Å². The molecule has 2 aromatic carbocycles. The molecule has 5 heteroatoms. The first-order chi connectivity index (χ1) is 12.2. The van der Waals surface area contributed by atoms with Crippen LogP contribution in [0, 0.1) is 0 Å². The maximum atomic E-state index is 10.4. The molecule has 5 nitrogen and oxygen atoms in total. The molecule has 0 aliphatic heterocycles. The Balaban J connectivity index is 1.75. The average Bonchev–Trinajstić information content (AvgIpc) is 3.01. The predicted molar refractivity (Wildman–Crippen MR) is 98.1 cm³/mol. The highest BCUT2D eigenvalue weighted by atomic mass is 16.5. The Morgan fingerprint density at radius 1 is 1.08 bits per heavy atom. The van der Waals surface area contributed by atoms with Gasteiger partial charge in [-0.15, -0.1) is 0 Å². The Hall–Kier alpha value is -2.53. The highest BCUT2D eigenvalue weighted by Crippen LogP contribution is 2.24. The lowest BCUT2D eigenvalue weighted by Gasteiger charge is -2.14. The molecule has 1 N–H and O–H groups in total. The van der Waals surface area contributed by atoms with E-state index in [1.165, 1.54) is 0 Å². The fourth-order valence-corrected chi connectivity index (χ4v) is 2.91. The van der Waals surface area contributed by atoms with E-state index in [4.69, 9.17) is 9.47 Å². The van der Waals surface area contributed by atoms with Gasteiger partial charge in [-0.25, -0.2) is 4.98 Å². The van der Waals surface area contributed by atoms with Gasteiger partial charge in [0.1, 0.15) is 30.0 Å². The number of hydrogen-bond acceptors (Lipinski definition) is 4. The van der Waals surface area contributed by atoms with Crippen LogP contribution in [0.3, 0.4) is 0 Å². The van der Waals surface area contributed by atoms with E-state index in [0.717, 1.165) is 29.0 Å². The molecule has 3 rings (SSSR count). The first kappa shape index (κ1) is 17.3. The summed E-state index contributed by atoms with van der Waals surface area (Å²) in [5.74, 6) is 2.31. The predicted octanol–water partition coefficient (Wildman–Crippen LogP) is 3.96. The molecular formula is C20H24N2O3. The Labute approximate surface area is 147 Å². The van der Waals surface area contributed by atoms with Crippen molar-refractivity contribution in [2.75, 3.05) is 13.7 Å². The van der Waals surface area contributed by atoms with E-state index < -0.39 is 6.10 Å². The van der Waals surface area contributed by atoms with Crippen LogP contribution in [-0.2, 0) is 6.54 Å². The maximum absolute atomic E-state index is 10.4. The summed E-state index contributed by atoms with van der Waals surface area (Å²) < 4.78 is 13.0. The number of methoxy groups -OCH3 is 1. The number of para-hydroxylation sites is 2. The summed E-state index contributed by atoms with van der Waals surface area (Å²) in [5.41, 5.74) is 1.92.